The van der Waals surface area contributed by atoms with E-state index in [-0.39, 0.29) is 16.7 Å². The monoisotopic (exact) mass is 368 g/mol. The van der Waals surface area contributed by atoms with Gasteiger partial charge >= 0.3 is 5.63 Å². The second-order valence-corrected chi connectivity index (χ2v) is 5.46. The summed E-state index contributed by atoms with van der Waals surface area (Å²) in [5, 5.41) is 0.539. The van der Waals surface area contributed by atoms with Crippen molar-refractivity contribution in [3.63, 3.8) is 0 Å². The van der Waals surface area contributed by atoms with Gasteiger partial charge in [0.25, 0.3) is 11.8 Å². The van der Waals surface area contributed by atoms with Crippen molar-refractivity contribution in [3.05, 3.63) is 70.1 Å². The number of rotatable bonds is 4. The van der Waals surface area contributed by atoms with Gasteiger partial charge in [0, 0.05) is 11.5 Å². The van der Waals surface area contributed by atoms with Crippen LogP contribution in [0.1, 0.15) is 20.7 Å². The standard InChI is InChI=1S/C19H16N2O6/c1-25-12-8-7-11-9-14(19(24)27-16(11)10-12)18(23)21-20-17(22)13-5-3-4-6-15(13)26-2/h3-10H,1-2H3,(H,20,22)(H,21,23). The molecule has 2 amide bonds. The number of hydrogen-bond donors (Lipinski definition) is 2. The largest absolute Gasteiger partial charge is 0.497 e. The number of carbonyl (C=O) groups excluding carboxylic acids is 2. The van der Waals surface area contributed by atoms with Crippen LogP contribution in [0.4, 0.5) is 0 Å². The van der Waals surface area contributed by atoms with Gasteiger partial charge < -0.3 is 13.9 Å². The maximum atomic E-state index is 12.3. The Balaban J connectivity index is 1.79. The molecule has 0 bridgehead atoms. The maximum Gasteiger partial charge on any atom is 0.349 e. The third kappa shape index (κ3) is 3.74. The third-order valence-electron chi connectivity index (χ3n) is 3.83. The lowest BCUT2D eigenvalue weighted by Gasteiger charge is -2.10. The average Bonchev–Trinajstić information content (AvgIpc) is 2.70. The molecule has 0 saturated carbocycles. The summed E-state index contributed by atoms with van der Waals surface area (Å²) in [6, 6.07) is 12.8. The van der Waals surface area contributed by atoms with E-state index in [0.717, 1.165) is 0 Å². The van der Waals surface area contributed by atoms with E-state index in [2.05, 4.69) is 10.9 Å². The molecular formula is C19H16N2O6. The highest BCUT2D eigenvalue weighted by Gasteiger charge is 2.16. The molecule has 138 valence electrons. The van der Waals surface area contributed by atoms with Crippen molar-refractivity contribution < 1.29 is 23.5 Å². The van der Waals surface area contributed by atoms with Crippen LogP contribution < -0.4 is 26.0 Å². The average molecular weight is 368 g/mol. The number of fused-ring (bicyclic) bond motifs is 1. The predicted octanol–water partition coefficient (Wildman–Crippen LogP) is 1.89. The van der Waals surface area contributed by atoms with Gasteiger partial charge in [0.15, 0.2) is 0 Å². The number of carbonyl (C=O) groups is 2. The Labute approximate surface area is 153 Å². The molecule has 8 heteroatoms. The smallest absolute Gasteiger partial charge is 0.349 e. The SMILES string of the molecule is COc1ccc2cc(C(=O)NNC(=O)c3ccccc3OC)c(=O)oc2c1. The van der Waals surface area contributed by atoms with E-state index in [9.17, 15) is 14.4 Å². The lowest BCUT2D eigenvalue weighted by atomic mass is 10.1. The Hall–Kier alpha value is -3.81. The normalized spacial score (nSPS) is 10.3. The fraction of sp³-hybridized carbons (Fsp3) is 0.105. The van der Waals surface area contributed by atoms with E-state index in [1.54, 1.807) is 36.4 Å². The summed E-state index contributed by atoms with van der Waals surface area (Å²) in [5.41, 5.74) is 3.89. The van der Waals surface area contributed by atoms with Crippen molar-refractivity contribution in [2.75, 3.05) is 14.2 Å². The first-order valence-corrected chi connectivity index (χ1v) is 7.89. The Kier molecular flexibility index (Phi) is 5.07. The number of ether oxygens (including phenoxy) is 2. The zero-order valence-corrected chi connectivity index (χ0v) is 14.6. The molecule has 2 N–H and O–H groups in total. The second-order valence-electron chi connectivity index (χ2n) is 5.46. The van der Waals surface area contributed by atoms with Gasteiger partial charge in [-0.3, -0.25) is 20.4 Å². The minimum atomic E-state index is -0.834. The first-order chi connectivity index (χ1) is 13.0. The zero-order valence-electron chi connectivity index (χ0n) is 14.6. The summed E-state index contributed by atoms with van der Waals surface area (Å²) in [6.07, 6.45) is 0. The minimum absolute atomic E-state index is 0.234. The van der Waals surface area contributed by atoms with Crippen molar-refractivity contribution in [2.45, 2.75) is 0 Å². The van der Waals surface area contributed by atoms with Crippen LogP contribution in [0.15, 0.2) is 57.7 Å². The topological polar surface area (TPSA) is 107 Å². The van der Waals surface area contributed by atoms with Gasteiger partial charge in [0.05, 0.1) is 19.8 Å². The molecule has 0 radical (unpaired) electrons. The molecule has 1 heterocycles. The van der Waals surface area contributed by atoms with E-state index >= 15 is 0 Å². The molecule has 0 aliphatic rings. The molecule has 0 saturated heterocycles. The quantitative estimate of drug-likeness (QED) is 0.538. The van der Waals surface area contributed by atoms with Crippen LogP contribution in [-0.2, 0) is 0 Å². The molecule has 0 aliphatic carbocycles. The highest BCUT2D eigenvalue weighted by molar-refractivity contribution is 6.01. The van der Waals surface area contributed by atoms with E-state index < -0.39 is 17.4 Å². The summed E-state index contributed by atoms with van der Waals surface area (Å²) >= 11 is 0. The van der Waals surface area contributed by atoms with Gasteiger partial charge in [-0.25, -0.2) is 4.79 Å². The fourth-order valence-corrected chi connectivity index (χ4v) is 2.46. The van der Waals surface area contributed by atoms with Gasteiger partial charge in [-0.1, -0.05) is 12.1 Å². The van der Waals surface area contributed by atoms with E-state index in [0.29, 0.717) is 16.9 Å². The number of benzene rings is 2. The van der Waals surface area contributed by atoms with Gasteiger partial charge in [0.1, 0.15) is 22.6 Å². The second kappa shape index (κ2) is 7.61. The molecule has 0 unspecified atom stereocenters. The third-order valence-corrected chi connectivity index (χ3v) is 3.83. The molecule has 3 rings (SSSR count). The van der Waals surface area contributed by atoms with Crippen molar-refractivity contribution in [2.24, 2.45) is 0 Å². The highest BCUT2D eigenvalue weighted by Crippen LogP contribution is 2.20. The molecule has 3 aromatic rings. The van der Waals surface area contributed by atoms with Crippen LogP contribution in [0.3, 0.4) is 0 Å². The zero-order chi connectivity index (χ0) is 19.4. The predicted molar refractivity (Wildman–Crippen MR) is 97.0 cm³/mol. The van der Waals surface area contributed by atoms with Crippen LogP contribution in [0.2, 0.25) is 0 Å². The van der Waals surface area contributed by atoms with Crippen molar-refractivity contribution in [1.29, 1.82) is 0 Å². The molecular weight excluding hydrogens is 352 g/mol. The van der Waals surface area contributed by atoms with Gasteiger partial charge in [-0.2, -0.15) is 0 Å². The van der Waals surface area contributed by atoms with Crippen LogP contribution in [0.25, 0.3) is 11.0 Å². The number of hydrogen-bond acceptors (Lipinski definition) is 6. The van der Waals surface area contributed by atoms with Crippen molar-refractivity contribution in [3.8, 4) is 11.5 Å². The Morgan fingerprint density at radius 1 is 0.889 bits per heavy atom. The van der Waals surface area contributed by atoms with Gasteiger partial charge in [-0.15, -0.1) is 0 Å². The number of hydrazine groups is 1. The summed E-state index contributed by atoms with van der Waals surface area (Å²) in [4.78, 5) is 36.6. The molecule has 0 spiro atoms. The van der Waals surface area contributed by atoms with Gasteiger partial charge in [0.2, 0.25) is 0 Å². The lowest BCUT2D eigenvalue weighted by Crippen LogP contribution is -2.43. The maximum absolute atomic E-state index is 12.3. The Morgan fingerprint density at radius 3 is 2.30 bits per heavy atom. The molecule has 0 aliphatic heterocycles. The molecule has 0 atom stereocenters. The van der Waals surface area contributed by atoms with E-state index in [1.165, 1.54) is 26.4 Å². The first-order valence-electron chi connectivity index (χ1n) is 7.89. The van der Waals surface area contributed by atoms with E-state index in [1.807, 2.05) is 0 Å². The summed E-state index contributed by atoms with van der Waals surface area (Å²) in [5.74, 6) is -0.518. The highest BCUT2D eigenvalue weighted by atomic mass is 16.5. The molecule has 27 heavy (non-hydrogen) atoms. The molecule has 8 nitrogen and oxygen atoms in total. The molecule has 2 aromatic carbocycles. The number of amides is 2. The number of nitrogens with one attached hydrogen (secondary N) is 2. The van der Waals surface area contributed by atoms with Gasteiger partial charge in [-0.05, 0) is 30.3 Å². The van der Waals surface area contributed by atoms with Crippen molar-refractivity contribution in [1.82, 2.24) is 10.9 Å². The number of methoxy groups -OCH3 is 2. The molecule has 1 aromatic heterocycles. The van der Waals surface area contributed by atoms with Crippen LogP contribution >= 0.6 is 0 Å². The van der Waals surface area contributed by atoms with Crippen LogP contribution in [-0.4, -0.2) is 26.0 Å². The van der Waals surface area contributed by atoms with E-state index in [4.69, 9.17) is 13.9 Å². The summed E-state index contributed by atoms with van der Waals surface area (Å²) in [6.45, 7) is 0. The summed E-state index contributed by atoms with van der Waals surface area (Å²) in [7, 11) is 2.92. The lowest BCUT2D eigenvalue weighted by molar-refractivity contribution is 0.0843. The Bertz CT molecular complexity index is 1070. The van der Waals surface area contributed by atoms with Crippen molar-refractivity contribution >= 4 is 22.8 Å². The fourth-order valence-electron chi connectivity index (χ4n) is 2.46. The minimum Gasteiger partial charge on any atom is -0.497 e. The molecule has 0 fully saturated rings. The summed E-state index contributed by atoms with van der Waals surface area (Å²) < 4.78 is 15.3. The Morgan fingerprint density at radius 2 is 1.59 bits per heavy atom. The van der Waals surface area contributed by atoms with Crippen LogP contribution in [0, 0.1) is 0 Å². The van der Waals surface area contributed by atoms with Crippen LogP contribution in [0.5, 0.6) is 11.5 Å². The number of para-hydroxylation sites is 1. The first kappa shape index (κ1) is 18.0.